The van der Waals surface area contributed by atoms with Gasteiger partial charge in [0.15, 0.2) is 17.7 Å². The third-order valence-electron chi connectivity index (χ3n) is 7.70. The predicted molar refractivity (Wildman–Crippen MR) is 165 cm³/mol. The van der Waals surface area contributed by atoms with E-state index in [1.54, 1.807) is 42.5 Å². The highest BCUT2D eigenvalue weighted by Gasteiger charge is 2.46. The first-order valence-corrected chi connectivity index (χ1v) is 15.2. The number of Topliss-reactive ketones (excluding diaryl/α,β-unsaturated/α-hetero) is 1. The van der Waals surface area contributed by atoms with E-state index in [9.17, 15) is 24.0 Å². The van der Waals surface area contributed by atoms with Gasteiger partial charge in [-0.2, -0.15) is 0 Å². The van der Waals surface area contributed by atoms with Gasteiger partial charge in [0.05, 0.1) is 12.0 Å². The number of ether oxygens (including phenoxy) is 2. The summed E-state index contributed by atoms with van der Waals surface area (Å²) in [4.78, 5) is 67.9. The van der Waals surface area contributed by atoms with Gasteiger partial charge in [-0.25, -0.2) is 9.69 Å². The first kappa shape index (κ1) is 34.4. The minimum absolute atomic E-state index is 0.00434. The van der Waals surface area contributed by atoms with E-state index in [2.05, 4.69) is 0 Å². The minimum Gasteiger partial charge on any atom is -0.453 e. The Bertz CT molecular complexity index is 1350. The summed E-state index contributed by atoms with van der Waals surface area (Å²) < 4.78 is 10.8. The van der Waals surface area contributed by atoms with Crippen molar-refractivity contribution >= 4 is 35.1 Å². The Labute approximate surface area is 259 Å². The number of ketones is 2. The average molecular weight is 606 g/mol. The number of carbonyl (C=O) groups is 5. The number of cyclic esters (lactones) is 1. The van der Waals surface area contributed by atoms with Gasteiger partial charge in [-0.1, -0.05) is 86.8 Å². The number of aliphatic hydroxyl groups excluding tert-OH is 1. The Kier molecular flexibility index (Phi) is 13.0. The third-order valence-corrected chi connectivity index (χ3v) is 7.70. The monoisotopic (exact) mass is 605 g/mol. The summed E-state index contributed by atoms with van der Waals surface area (Å²) in [5, 5.41) is 9.05. The van der Waals surface area contributed by atoms with E-state index in [4.69, 9.17) is 14.6 Å². The number of aliphatic hydroxyl groups is 1. The molecule has 1 heterocycles. The van der Waals surface area contributed by atoms with Crippen molar-refractivity contribution in [1.82, 2.24) is 4.90 Å². The summed E-state index contributed by atoms with van der Waals surface area (Å²) in [6.45, 7) is 6.86. The van der Waals surface area contributed by atoms with Crippen molar-refractivity contribution in [3.8, 4) is 0 Å². The second-order valence-electron chi connectivity index (χ2n) is 11.6. The molecule has 0 spiro atoms. The lowest BCUT2D eigenvalue weighted by Gasteiger charge is -2.30. The number of hydrogen-bond acceptors (Lipinski definition) is 8. The zero-order chi connectivity index (χ0) is 32.2. The molecule has 3 rings (SSSR count). The Morgan fingerprint density at radius 1 is 1.02 bits per heavy atom. The van der Waals surface area contributed by atoms with Crippen LogP contribution in [0.25, 0.3) is 5.57 Å². The molecule has 2 amide bonds. The van der Waals surface area contributed by atoms with E-state index in [0.717, 1.165) is 30.2 Å². The molecule has 9 heteroatoms. The number of carbonyl (C=O) groups excluding carboxylic acids is 5. The molecule has 3 atom stereocenters. The Morgan fingerprint density at radius 2 is 1.73 bits per heavy atom. The Balaban J connectivity index is 2.06. The second kappa shape index (κ2) is 16.7. The summed E-state index contributed by atoms with van der Waals surface area (Å²) in [5.41, 5.74) is 2.28. The zero-order valence-electron chi connectivity index (χ0n) is 26.0. The molecule has 2 aromatic rings. The standard InChI is InChI=1S/C35H43NO8/c1-23(2)30-22-43-35(42)36(30)34(41)29(20-26-14-8-7-9-15-26)33(44-25(4)38)32(40)21-28(27-16-12-13-24(3)19-27)31(39)17-10-5-6-11-18-37/h7-9,12-16,19,21,23,29-30,33,37H,5-6,10-11,17-18,20,22H2,1-4H3/t29-,30+,33-/m0/s1. The van der Waals surface area contributed by atoms with Gasteiger partial charge in [-0.15, -0.1) is 0 Å². The van der Waals surface area contributed by atoms with Crippen LogP contribution >= 0.6 is 0 Å². The van der Waals surface area contributed by atoms with Crippen LogP contribution in [-0.2, 0) is 35.1 Å². The number of imide groups is 1. The number of allylic oxidation sites excluding steroid dienone is 1. The van der Waals surface area contributed by atoms with E-state index < -0.39 is 41.8 Å². The van der Waals surface area contributed by atoms with Gasteiger partial charge >= 0.3 is 12.1 Å². The van der Waals surface area contributed by atoms with Gasteiger partial charge in [0, 0.05) is 25.5 Å². The number of aryl methyl sites for hydroxylation is 1. The van der Waals surface area contributed by atoms with Gasteiger partial charge in [0.2, 0.25) is 5.91 Å². The van der Waals surface area contributed by atoms with Crippen molar-refractivity contribution in [3.05, 3.63) is 77.4 Å². The van der Waals surface area contributed by atoms with Gasteiger partial charge in [-0.3, -0.25) is 19.2 Å². The lowest BCUT2D eigenvalue weighted by Crippen LogP contribution is -2.50. The van der Waals surface area contributed by atoms with Crippen molar-refractivity contribution in [2.24, 2.45) is 11.8 Å². The largest absolute Gasteiger partial charge is 0.453 e. The van der Waals surface area contributed by atoms with E-state index in [-0.39, 0.29) is 43.3 Å². The molecule has 2 aromatic carbocycles. The van der Waals surface area contributed by atoms with Crippen LogP contribution in [0.3, 0.4) is 0 Å². The molecule has 0 aromatic heterocycles. The number of amides is 2. The molecule has 236 valence electrons. The highest BCUT2D eigenvalue weighted by Crippen LogP contribution is 2.28. The molecule has 1 fully saturated rings. The third kappa shape index (κ3) is 9.44. The number of unbranched alkanes of at least 4 members (excludes halogenated alkanes) is 3. The van der Waals surface area contributed by atoms with E-state index >= 15 is 0 Å². The SMILES string of the molecule is CC(=O)O[C@H](C(=O)C=C(C(=O)CCCCCCO)c1cccc(C)c1)[C@H](Cc1ccccc1)C(=O)N1C(=O)OC[C@@H]1C(C)C. The fourth-order valence-corrected chi connectivity index (χ4v) is 5.32. The molecule has 0 radical (unpaired) electrons. The van der Waals surface area contributed by atoms with Crippen molar-refractivity contribution in [2.75, 3.05) is 13.2 Å². The second-order valence-corrected chi connectivity index (χ2v) is 11.6. The van der Waals surface area contributed by atoms with Crippen LogP contribution in [0.15, 0.2) is 60.7 Å². The summed E-state index contributed by atoms with van der Waals surface area (Å²) in [7, 11) is 0. The maximum absolute atomic E-state index is 14.1. The maximum atomic E-state index is 14.1. The van der Waals surface area contributed by atoms with Crippen molar-refractivity contribution in [3.63, 3.8) is 0 Å². The van der Waals surface area contributed by atoms with Crippen LogP contribution < -0.4 is 0 Å². The molecule has 9 nitrogen and oxygen atoms in total. The lowest BCUT2D eigenvalue weighted by atomic mass is 9.87. The fraction of sp³-hybridized carbons (Fsp3) is 0.457. The van der Waals surface area contributed by atoms with E-state index in [1.807, 2.05) is 32.9 Å². The van der Waals surface area contributed by atoms with Gasteiger partial charge in [-0.05, 0) is 49.3 Å². The molecule has 1 saturated heterocycles. The molecular weight excluding hydrogens is 562 g/mol. The van der Waals surface area contributed by atoms with E-state index in [0.29, 0.717) is 24.0 Å². The smallest absolute Gasteiger partial charge is 0.416 e. The molecule has 0 saturated carbocycles. The molecule has 0 aliphatic carbocycles. The summed E-state index contributed by atoms with van der Waals surface area (Å²) in [6, 6.07) is 15.6. The van der Waals surface area contributed by atoms with Crippen LogP contribution in [0.1, 0.15) is 69.6 Å². The van der Waals surface area contributed by atoms with Gasteiger partial charge < -0.3 is 14.6 Å². The molecule has 1 aliphatic rings. The molecule has 0 unspecified atom stereocenters. The lowest BCUT2D eigenvalue weighted by molar-refractivity contribution is -0.159. The molecule has 44 heavy (non-hydrogen) atoms. The molecule has 0 bridgehead atoms. The summed E-state index contributed by atoms with van der Waals surface area (Å²) >= 11 is 0. The van der Waals surface area contributed by atoms with Crippen molar-refractivity contribution in [2.45, 2.75) is 78.4 Å². The molecular formula is C35H43NO8. The Hall–Kier alpha value is -4.11. The average Bonchev–Trinajstić information content (AvgIpc) is 3.39. The quantitative estimate of drug-likeness (QED) is 0.156. The number of esters is 1. The van der Waals surface area contributed by atoms with Crippen LogP contribution in [0.2, 0.25) is 0 Å². The summed E-state index contributed by atoms with van der Waals surface area (Å²) in [5.74, 6) is -3.83. The maximum Gasteiger partial charge on any atom is 0.416 e. The molecule has 1 aliphatic heterocycles. The topological polar surface area (TPSA) is 127 Å². The van der Waals surface area contributed by atoms with Crippen molar-refractivity contribution < 1.29 is 38.6 Å². The van der Waals surface area contributed by atoms with Crippen LogP contribution in [-0.4, -0.2) is 64.9 Å². The number of rotatable bonds is 16. The van der Waals surface area contributed by atoms with Crippen molar-refractivity contribution in [1.29, 1.82) is 0 Å². The van der Waals surface area contributed by atoms with Crippen LogP contribution in [0.5, 0.6) is 0 Å². The number of hydrogen-bond donors (Lipinski definition) is 1. The fourth-order valence-electron chi connectivity index (χ4n) is 5.32. The predicted octanol–water partition coefficient (Wildman–Crippen LogP) is 5.25. The van der Waals surface area contributed by atoms with Crippen LogP contribution in [0.4, 0.5) is 4.79 Å². The first-order valence-electron chi connectivity index (χ1n) is 15.2. The first-order chi connectivity index (χ1) is 21.0. The Morgan fingerprint density at radius 3 is 2.36 bits per heavy atom. The highest BCUT2D eigenvalue weighted by molar-refractivity contribution is 6.25. The van der Waals surface area contributed by atoms with E-state index in [1.165, 1.54) is 6.08 Å². The van der Waals surface area contributed by atoms with Crippen LogP contribution in [0, 0.1) is 18.8 Å². The highest BCUT2D eigenvalue weighted by atomic mass is 16.6. The number of nitrogens with zero attached hydrogens (tertiary/aromatic N) is 1. The van der Waals surface area contributed by atoms with Gasteiger partial charge in [0.1, 0.15) is 6.61 Å². The normalized spacial score (nSPS) is 16.4. The summed E-state index contributed by atoms with van der Waals surface area (Å²) in [6.07, 6.45) is 1.69. The van der Waals surface area contributed by atoms with Gasteiger partial charge in [0.25, 0.3) is 0 Å². The minimum atomic E-state index is -1.60. The zero-order valence-corrected chi connectivity index (χ0v) is 26.0. The molecule has 1 N–H and O–H groups in total. The number of benzene rings is 2.